The van der Waals surface area contributed by atoms with Crippen LogP contribution in [-0.4, -0.2) is 46.6 Å². The van der Waals surface area contributed by atoms with Crippen molar-refractivity contribution in [2.45, 2.75) is 70.0 Å². The fraction of sp³-hybridized carbons (Fsp3) is 1.00. The first-order chi connectivity index (χ1) is 7.51. The molecule has 2 saturated heterocycles. The van der Waals surface area contributed by atoms with Crippen molar-refractivity contribution in [3.8, 4) is 0 Å². The van der Waals surface area contributed by atoms with E-state index in [0.717, 1.165) is 6.04 Å². The molecular formula is C14H26N2. The third kappa shape index (κ3) is 1.53. The summed E-state index contributed by atoms with van der Waals surface area (Å²) in [4.78, 5) is 5.53. The van der Waals surface area contributed by atoms with Crippen LogP contribution in [0.25, 0.3) is 0 Å². The van der Waals surface area contributed by atoms with Crippen molar-refractivity contribution in [2.24, 2.45) is 0 Å². The van der Waals surface area contributed by atoms with E-state index in [9.17, 15) is 0 Å². The van der Waals surface area contributed by atoms with Crippen LogP contribution in [0.15, 0.2) is 0 Å². The lowest BCUT2D eigenvalue weighted by atomic mass is 9.80. The van der Waals surface area contributed by atoms with Gasteiger partial charge in [0.1, 0.15) is 0 Å². The first-order valence-corrected chi connectivity index (χ1v) is 7.03. The summed E-state index contributed by atoms with van der Waals surface area (Å²) in [6.45, 7) is 11.1. The summed E-state index contributed by atoms with van der Waals surface area (Å²) in [5, 5.41) is 0. The van der Waals surface area contributed by atoms with Gasteiger partial charge in [0.05, 0.1) is 0 Å². The van der Waals surface area contributed by atoms with Crippen LogP contribution in [0.1, 0.15) is 52.9 Å². The zero-order valence-electron chi connectivity index (χ0n) is 11.1. The van der Waals surface area contributed by atoms with Crippen molar-refractivity contribution in [3.63, 3.8) is 0 Å². The van der Waals surface area contributed by atoms with Gasteiger partial charge in [-0.05, 0) is 53.0 Å². The summed E-state index contributed by atoms with van der Waals surface area (Å²) in [7, 11) is 0. The first-order valence-electron chi connectivity index (χ1n) is 7.03. The van der Waals surface area contributed by atoms with E-state index in [1.54, 1.807) is 0 Å². The fourth-order valence-corrected chi connectivity index (χ4v) is 3.71. The van der Waals surface area contributed by atoms with E-state index in [-0.39, 0.29) is 0 Å². The highest BCUT2D eigenvalue weighted by Crippen LogP contribution is 2.44. The van der Waals surface area contributed by atoms with Gasteiger partial charge in [0, 0.05) is 30.2 Å². The second-order valence-electron chi connectivity index (χ2n) is 7.13. The van der Waals surface area contributed by atoms with Gasteiger partial charge in [-0.25, -0.2) is 0 Å². The third-order valence-electron chi connectivity index (χ3n) is 5.08. The highest BCUT2D eigenvalue weighted by atomic mass is 15.4. The van der Waals surface area contributed by atoms with E-state index in [0.29, 0.717) is 11.1 Å². The summed E-state index contributed by atoms with van der Waals surface area (Å²) in [6.07, 6.45) is 7.30. The fourth-order valence-electron chi connectivity index (χ4n) is 3.71. The molecule has 2 heteroatoms. The average Bonchev–Trinajstić information content (AvgIpc) is 2.40. The molecule has 0 amide bonds. The Morgan fingerprint density at radius 2 is 1.75 bits per heavy atom. The summed E-state index contributed by atoms with van der Waals surface area (Å²) >= 11 is 0. The summed E-state index contributed by atoms with van der Waals surface area (Å²) in [5.41, 5.74) is 0.970. The predicted molar refractivity (Wildman–Crippen MR) is 67.6 cm³/mol. The van der Waals surface area contributed by atoms with Crippen LogP contribution in [-0.2, 0) is 0 Å². The van der Waals surface area contributed by atoms with Crippen molar-refractivity contribution < 1.29 is 0 Å². The van der Waals surface area contributed by atoms with E-state index in [1.807, 2.05) is 0 Å². The molecule has 1 saturated carbocycles. The molecule has 0 atom stereocenters. The Labute approximate surface area is 100.0 Å². The third-order valence-corrected chi connectivity index (χ3v) is 5.08. The minimum atomic E-state index is 0.374. The van der Waals surface area contributed by atoms with Crippen molar-refractivity contribution in [3.05, 3.63) is 0 Å². The SMILES string of the molecule is CC(C)(C)N1CC2(CCCN2C2CCC2)C1. The minimum Gasteiger partial charge on any atom is -0.295 e. The van der Waals surface area contributed by atoms with Crippen LogP contribution in [0.5, 0.6) is 0 Å². The van der Waals surface area contributed by atoms with E-state index < -0.39 is 0 Å². The van der Waals surface area contributed by atoms with Crippen LogP contribution in [0, 0.1) is 0 Å². The zero-order chi connectivity index (χ0) is 11.4. The van der Waals surface area contributed by atoms with Crippen LogP contribution in [0.2, 0.25) is 0 Å². The second kappa shape index (κ2) is 3.46. The molecule has 0 aromatic carbocycles. The van der Waals surface area contributed by atoms with Crippen molar-refractivity contribution in [1.82, 2.24) is 9.80 Å². The maximum atomic E-state index is 2.87. The number of likely N-dealkylation sites (tertiary alicyclic amines) is 2. The first kappa shape index (κ1) is 11.0. The quantitative estimate of drug-likeness (QED) is 0.672. The molecule has 2 heterocycles. The summed E-state index contributed by atoms with van der Waals surface area (Å²) in [6, 6.07) is 0.949. The minimum absolute atomic E-state index is 0.374. The Balaban J connectivity index is 1.66. The molecule has 0 bridgehead atoms. The van der Waals surface area contributed by atoms with Gasteiger partial charge in [0.2, 0.25) is 0 Å². The lowest BCUT2D eigenvalue weighted by molar-refractivity contribution is -0.0997. The highest BCUT2D eigenvalue weighted by molar-refractivity contribution is 5.11. The lowest BCUT2D eigenvalue weighted by Gasteiger charge is -2.60. The maximum Gasteiger partial charge on any atom is 0.0466 e. The molecule has 3 aliphatic rings. The monoisotopic (exact) mass is 222 g/mol. The molecule has 0 unspecified atom stereocenters. The number of hydrogen-bond acceptors (Lipinski definition) is 2. The topological polar surface area (TPSA) is 6.48 Å². The van der Waals surface area contributed by atoms with Gasteiger partial charge in [0.25, 0.3) is 0 Å². The zero-order valence-corrected chi connectivity index (χ0v) is 11.1. The molecule has 16 heavy (non-hydrogen) atoms. The standard InChI is InChI=1S/C14H26N2/c1-13(2,3)15-10-14(11-15)8-5-9-16(14)12-6-4-7-12/h12H,4-11H2,1-3H3. The van der Waals surface area contributed by atoms with Gasteiger partial charge >= 0.3 is 0 Å². The molecule has 3 fully saturated rings. The van der Waals surface area contributed by atoms with Crippen LogP contribution >= 0.6 is 0 Å². The van der Waals surface area contributed by atoms with Crippen molar-refractivity contribution in [1.29, 1.82) is 0 Å². The molecule has 1 aliphatic carbocycles. The molecule has 92 valence electrons. The Kier molecular flexibility index (Phi) is 2.38. The molecule has 2 nitrogen and oxygen atoms in total. The van der Waals surface area contributed by atoms with E-state index in [2.05, 4.69) is 30.6 Å². The molecule has 0 N–H and O–H groups in total. The largest absolute Gasteiger partial charge is 0.295 e. The van der Waals surface area contributed by atoms with Crippen molar-refractivity contribution in [2.75, 3.05) is 19.6 Å². The molecule has 1 spiro atoms. The smallest absolute Gasteiger partial charge is 0.0466 e. The van der Waals surface area contributed by atoms with Crippen LogP contribution < -0.4 is 0 Å². The molecule has 3 rings (SSSR count). The summed E-state index contributed by atoms with van der Waals surface area (Å²) in [5.74, 6) is 0. The molecule has 0 radical (unpaired) electrons. The summed E-state index contributed by atoms with van der Waals surface area (Å²) < 4.78 is 0. The second-order valence-corrected chi connectivity index (χ2v) is 7.13. The Hall–Kier alpha value is -0.0800. The van der Waals surface area contributed by atoms with Crippen LogP contribution in [0.3, 0.4) is 0 Å². The Morgan fingerprint density at radius 1 is 1.06 bits per heavy atom. The predicted octanol–water partition coefficient (Wildman–Crippen LogP) is 2.49. The maximum absolute atomic E-state index is 2.87. The number of nitrogens with zero attached hydrogens (tertiary/aromatic N) is 2. The number of rotatable bonds is 1. The van der Waals surface area contributed by atoms with Crippen molar-refractivity contribution >= 4 is 0 Å². The normalized spacial score (nSPS) is 31.7. The van der Waals surface area contributed by atoms with Gasteiger partial charge in [-0.15, -0.1) is 0 Å². The van der Waals surface area contributed by atoms with Gasteiger partial charge in [-0.1, -0.05) is 6.42 Å². The molecule has 2 aliphatic heterocycles. The highest BCUT2D eigenvalue weighted by Gasteiger charge is 2.54. The van der Waals surface area contributed by atoms with Crippen LogP contribution in [0.4, 0.5) is 0 Å². The van der Waals surface area contributed by atoms with E-state index in [1.165, 1.54) is 51.7 Å². The molecular weight excluding hydrogens is 196 g/mol. The van der Waals surface area contributed by atoms with Gasteiger partial charge < -0.3 is 0 Å². The lowest BCUT2D eigenvalue weighted by Crippen LogP contribution is -2.73. The molecule has 0 aromatic rings. The van der Waals surface area contributed by atoms with Gasteiger partial charge in [-0.2, -0.15) is 0 Å². The van der Waals surface area contributed by atoms with Gasteiger partial charge in [0.15, 0.2) is 0 Å². The Morgan fingerprint density at radius 3 is 2.25 bits per heavy atom. The Bertz CT molecular complexity index is 269. The number of hydrogen-bond donors (Lipinski definition) is 0. The molecule has 0 aromatic heterocycles. The van der Waals surface area contributed by atoms with Gasteiger partial charge in [-0.3, -0.25) is 9.80 Å². The average molecular weight is 222 g/mol. The van der Waals surface area contributed by atoms with E-state index in [4.69, 9.17) is 0 Å². The van der Waals surface area contributed by atoms with E-state index >= 15 is 0 Å².